The van der Waals surface area contributed by atoms with Crippen LogP contribution in [-0.4, -0.2) is 6.54 Å². The zero-order valence-electron chi connectivity index (χ0n) is 11.6. The summed E-state index contributed by atoms with van der Waals surface area (Å²) in [7, 11) is 0. The van der Waals surface area contributed by atoms with Crippen LogP contribution in [-0.2, 0) is 12.0 Å². The van der Waals surface area contributed by atoms with E-state index in [1.165, 1.54) is 24.1 Å². The zero-order valence-corrected chi connectivity index (χ0v) is 11.6. The van der Waals surface area contributed by atoms with Gasteiger partial charge in [0.1, 0.15) is 0 Å². The van der Waals surface area contributed by atoms with Crippen molar-refractivity contribution in [2.45, 2.75) is 24.8 Å². The normalized spacial score (nSPS) is 18.7. The minimum atomic E-state index is 0.339. The monoisotopic (exact) mass is 261 g/mol. The lowest BCUT2D eigenvalue weighted by molar-refractivity contribution is 0.483. The van der Waals surface area contributed by atoms with E-state index in [9.17, 15) is 0 Å². The van der Waals surface area contributed by atoms with Crippen molar-refractivity contribution in [3.8, 4) is 0 Å². The molecule has 0 amide bonds. The molecule has 1 aliphatic heterocycles. The van der Waals surface area contributed by atoms with E-state index in [0.29, 0.717) is 5.41 Å². The van der Waals surface area contributed by atoms with Crippen molar-refractivity contribution in [3.63, 3.8) is 0 Å². The molecule has 0 N–H and O–H groups in total. The molecule has 2 aromatic rings. The maximum atomic E-state index is 2.55. The molecule has 1 heteroatoms. The summed E-state index contributed by atoms with van der Waals surface area (Å²) in [6.45, 7) is 2.16. The molecule has 4 rings (SSSR count). The van der Waals surface area contributed by atoms with Crippen LogP contribution in [0.4, 0.5) is 5.69 Å². The van der Waals surface area contributed by atoms with Crippen molar-refractivity contribution in [2.75, 3.05) is 11.4 Å². The van der Waals surface area contributed by atoms with Gasteiger partial charge in [0.15, 0.2) is 0 Å². The van der Waals surface area contributed by atoms with Gasteiger partial charge < -0.3 is 4.90 Å². The van der Waals surface area contributed by atoms with Crippen LogP contribution in [0, 0.1) is 0 Å². The number of benzene rings is 2. The fraction of sp³-hybridized carbons (Fsp3) is 0.263. The molecule has 1 nitrogen and oxygen atoms in total. The topological polar surface area (TPSA) is 3.24 Å². The first-order valence-corrected chi connectivity index (χ1v) is 7.41. The fourth-order valence-corrected chi connectivity index (χ4v) is 3.73. The van der Waals surface area contributed by atoms with Crippen molar-refractivity contribution in [3.05, 3.63) is 77.9 Å². The van der Waals surface area contributed by atoms with Gasteiger partial charge in [0.05, 0.1) is 0 Å². The maximum Gasteiger partial charge on any atom is 0.0429 e. The number of allylic oxidation sites excluding steroid dienone is 2. The zero-order chi connectivity index (χ0) is 13.4. The number of anilines is 1. The Labute approximate surface area is 120 Å². The molecule has 100 valence electrons. The van der Waals surface area contributed by atoms with Gasteiger partial charge in [-0.2, -0.15) is 0 Å². The van der Waals surface area contributed by atoms with E-state index in [1.54, 1.807) is 5.56 Å². The van der Waals surface area contributed by atoms with Crippen LogP contribution in [0.25, 0.3) is 0 Å². The number of nitrogens with zero attached hydrogens (tertiary/aromatic N) is 1. The van der Waals surface area contributed by atoms with Gasteiger partial charge >= 0.3 is 0 Å². The highest BCUT2D eigenvalue weighted by Gasteiger charge is 2.42. The average Bonchev–Trinajstić information content (AvgIpc) is 3.08. The van der Waals surface area contributed by atoms with Crippen LogP contribution in [0.5, 0.6) is 0 Å². The number of para-hydroxylation sites is 1. The van der Waals surface area contributed by atoms with Gasteiger partial charge in [-0.05, 0) is 30.0 Å². The Morgan fingerprint density at radius 1 is 0.850 bits per heavy atom. The van der Waals surface area contributed by atoms with E-state index < -0.39 is 0 Å². The third kappa shape index (κ3) is 1.77. The summed E-state index contributed by atoms with van der Waals surface area (Å²) in [6.07, 6.45) is 7.08. The fourth-order valence-electron chi connectivity index (χ4n) is 3.73. The van der Waals surface area contributed by atoms with Crippen LogP contribution in [0.15, 0.2) is 66.7 Å². The van der Waals surface area contributed by atoms with Crippen LogP contribution in [0.2, 0.25) is 0 Å². The average molecular weight is 261 g/mol. The third-order valence-corrected chi connectivity index (χ3v) is 4.71. The molecular formula is C19H19N. The Balaban J connectivity index is 1.69. The van der Waals surface area contributed by atoms with E-state index >= 15 is 0 Å². The van der Waals surface area contributed by atoms with Gasteiger partial charge in [-0.3, -0.25) is 0 Å². The van der Waals surface area contributed by atoms with Crippen LogP contribution >= 0.6 is 0 Å². The molecule has 2 aromatic carbocycles. The van der Waals surface area contributed by atoms with Gasteiger partial charge in [-0.25, -0.2) is 0 Å². The second kappa shape index (κ2) is 4.52. The summed E-state index contributed by atoms with van der Waals surface area (Å²) >= 11 is 0. The van der Waals surface area contributed by atoms with Gasteiger partial charge in [0.25, 0.3) is 0 Å². The van der Waals surface area contributed by atoms with E-state index in [-0.39, 0.29) is 0 Å². The standard InChI is InChI=1S/C19H19N/c1-2-8-16(9-3-1)14-20-15-19(12-6-7-13-19)17-10-4-5-11-18(17)20/h1-11H,12-15H2. The van der Waals surface area contributed by atoms with Crippen molar-refractivity contribution < 1.29 is 0 Å². The van der Waals surface area contributed by atoms with Gasteiger partial charge in [0, 0.05) is 24.2 Å². The largest absolute Gasteiger partial charge is 0.366 e. The van der Waals surface area contributed by atoms with E-state index in [1.807, 2.05) is 0 Å². The Hall–Kier alpha value is -2.02. The number of rotatable bonds is 2. The minimum Gasteiger partial charge on any atom is -0.366 e. The first kappa shape index (κ1) is 11.8. The molecule has 20 heavy (non-hydrogen) atoms. The first-order valence-electron chi connectivity index (χ1n) is 7.41. The van der Waals surface area contributed by atoms with Crippen molar-refractivity contribution in [1.82, 2.24) is 0 Å². The second-order valence-corrected chi connectivity index (χ2v) is 6.02. The second-order valence-electron chi connectivity index (χ2n) is 6.02. The summed E-state index contributed by atoms with van der Waals surface area (Å²) in [5.41, 5.74) is 4.71. The highest BCUT2D eigenvalue weighted by molar-refractivity contribution is 5.63. The molecule has 0 unspecified atom stereocenters. The minimum absolute atomic E-state index is 0.339. The lowest BCUT2D eigenvalue weighted by Crippen LogP contribution is -2.31. The third-order valence-electron chi connectivity index (χ3n) is 4.71. The molecule has 0 atom stereocenters. The number of fused-ring (bicyclic) bond motifs is 2. The summed E-state index contributed by atoms with van der Waals surface area (Å²) in [5.74, 6) is 0. The molecule has 1 heterocycles. The van der Waals surface area contributed by atoms with E-state index in [4.69, 9.17) is 0 Å². The molecule has 0 fully saturated rings. The van der Waals surface area contributed by atoms with E-state index in [2.05, 4.69) is 71.6 Å². The predicted octanol–water partition coefficient (Wildman–Crippen LogP) is 4.29. The lowest BCUT2D eigenvalue weighted by Gasteiger charge is -2.25. The molecule has 0 saturated carbocycles. The summed E-state index contributed by atoms with van der Waals surface area (Å²) in [4.78, 5) is 2.55. The molecule has 1 aliphatic carbocycles. The Bertz CT molecular complexity index is 634. The van der Waals surface area contributed by atoms with Gasteiger partial charge in [-0.15, -0.1) is 0 Å². The van der Waals surface area contributed by atoms with Crippen molar-refractivity contribution >= 4 is 5.69 Å². The molecule has 0 aromatic heterocycles. The Kier molecular flexibility index (Phi) is 2.66. The first-order chi connectivity index (χ1) is 9.87. The van der Waals surface area contributed by atoms with Crippen LogP contribution < -0.4 is 4.90 Å². The SMILES string of the molecule is C1=CCC2(C1)CN(Cc1ccccc1)c1ccccc12. The van der Waals surface area contributed by atoms with Crippen LogP contribution in [0.3, 0.4) is 0 Å². The highest BCUT2D eigenvalue weighted by Crippen LogP contribution is 2.48. The van der Waals surface area contributed by atoms with Crippen LogP contribution in [0.1, 0.15) is 24.0 Å². The summed E-state index contributed by atoms with van der Waals surface area (Å²) in [5, 5.41) is 0. The smallest absolute Gasteiger partial charge is 0.0429 e. The highest BCUT2D eigenvalue weighted by atomic mass is 15.2. The molecular weight excluding hydrogens is 242 g/mol. The maximum absolute atomic E-state index is 2.55. The Morgan fingerprint density at radius 3 is 2.35 bits per heavy atom. The molecule has 0 bridgehead atoms. The predicted molar refractivity (Wildman–Crippen MR) is 84.0 cm³/mol. The number of hydrogen-bond acceptors (Lipinski definition) is 1. The molecule has 0 radical (unpaired) electrons. The number of hydrogen-bond donors (Lipinski definition) is 0. The summed E-state index contributed by atoms with van der Waals surface area (Å²) < 4.78 is 0. The van der Waals surface area contributed by atoms with E-state index in [0.717, 1.165) is 13.1 Å². The van der Waals surface area contributed by atoms with Crippen molar-refractivity contribution in [1.29, 1.82) is 0 Å². The molecule has 0 saturated heterocycles. The van der Waals surface area contributed by atoms with Gasteiger partial charge in [0.2, 0.25) is 0 Å². The lowest BCUT2D eigenvalue weighted by atomic mass is 9.80. The van der Waals surface area contributed by atoms with Crippen molar-refractivity contribution in [2.24, 2.45) is 0 Å². The quantitative estimate of drug-likeness (QED) is 0.729. The Morgan fingerprint density at radius 2 is 1.55 bits per heavy atom. The summed E-state index contributed by atoms with van der Waals surface area (Å²) in [6, 6.07) is 19.8. The molecule has 2 aliphatic rings. The molecule has 1 spiro atoms. The van der Waals surface area contributed by atoms with Gasteiger partial charge in [-0.1, -0.05) is 60.7 Å².